The lowest BCUT2D eigenvalue weighted by Crippen LogP contribution is -2.49. The van der Waals surface area contributed by atoms with Gasteiger partial charge in [-0.05, 0) is 48.6 Å². The number of hydrogen-bond donors (Lipinski definition) is 0. The Bertz CT molecular complexity index is 836. The van der Waals surface area contributed by atoms with Crippen molar-refractivity contribution >= 4 is 17.6 Å². The molecule has 1 aliphatic heterocycles. The van der Waals surface area contributed by atoms with Crippen LogP contribution in [0.15, 0.2) is 54.6 Å². The third-order valence-corrected chi connectivity index (χ3v) is 6.30. The van der Waals surface area contributed by atoms with Crippen molar-refractivity contribution in [1.29, 1.82) is 0 Å². The number of benzene rings is 2. The van der Waals surface area contributed by atoms with E-state index in [0.29, 0.717) is 24.6 Å². The predicted molar refractivity (Wildman–Crippen MR) is 118 cm³/mol. The van der Waals surface area contributed by atoms with E-state index in [1.54, 1.807) is 4.90 Å². The van der Waals surface area contributed by atoms with Gasteiger partial charge in [-0.15, -0.1) is 0 Å². The van der Waals surface area contributed by atoms with Gasteiger partial charge in [-0.25, -0.2) is 4.79 Å². The number of amides is 1. The Morgan fingerprint density at radius 3 is 2.17 bits per heavy atom. The molecule has 158 valence electrons. The molecule has 2 aromatic carbocycles. The number of esters is 1. The molecule has 1 saturated heterocycles. The van der Waals surface area contributed by atoms with E-state index in [0.717, 1.165) is 13.1 Å². The number of nitrogens with zero attached hydrogens (tertiary/aromatic N) is 2. The summed E-state index contributed by atoms with van der Waals surface area (Å²) in [6.45, 7) is 2.65. The zero-order chi connectivity index (χ0) is 20.8. The first kappa shape index (κ1) is 20.5. The van der Waals surface area contributed by atoms with Crippen molar-refractivity contribution in [2.75, 3.05) is 37.7 Å². The molecule has 5 heteroatoms. The summed E-state index contributed by atoms with van der Waals surface area (Å²) in [6, 6.07) is 17.9. The van der Waals surface area contributed by atoms with Gasteiger partial charge in [0.25, 0.3) is 5.91 Å². The minimum Gasteiger partial charge on any atom is -0.452 e. The van der Waals surface area contributed by atoms with Gasteiger partial charge < -0.3 is 14.5 Å². The van der Waals surface area contributed by atoms with Gasteiger partial charge in [-0.2, -0.15) is 0 Å². The second-order valence-electron chi connectivity index (χ2n) is 8.24. The van der Waals surface area contributed by atoms with Crippen molar-refractivity contribution in [3.05, 3.63) is 65.7 Å². The van der Waals surface area contributed by atoms with E-state index in [4.69, 9.17) is 4.74 Å². The molecule has 1 aliphatic carbocycles. The van der Waals surface area contributed by atoms with E-state index in [1.165, 1.54) is 43.4 Å². The van der Waals surface area contributed by atoms with Crippen LogP contribution >= 0.6 is 0 Å². The van der Waals surface area contributed by atoms with E-state index in [1.807, 2.05) is 42.5 Å². The van der Waals surface area contributed by atoms with Crippen LogP contribution in [-0.4, -0.2) is 49.6 Å². The van der Waals surface area contributed by atoms with Crippen molar-refractivity contribution < 1.29 is 14.3 Å². The topological polar surface area (TPSA) is 49.9 Å². The lowest BCUT2D eigenvalue weighted by atomic mass is 9.84. The van der Waals surface area contributed by atoms with Crippen LogP contribution in [0.1, 0.15) is 53.9 Å². The van der Waals surface area contributed by atoms with E-state index in [-0.39, 0.29) is 12.5 Å². The number of hydrogen-bond acceptors (Lipinski definition) is 4. The smallest absolute Gasteiger partial charge is 0.338 e. The van der Waals surface area contributed by atoms with Crippen LogP contribution in [0.2, 0.25) is 0 Å². The molecule has 1 amide bonds. The van der Waals surface area contributed by atoms with Crippen molar-refractivity contribution in [1.82, 2.24) is 4.90 Å². The Labute approximate surface area is 178 Å². The predicted octanol–water partition coefficient (Wildman–Crippen LogP) is 4.24. The highest BCUT2D eigenvalue weighted by Crippen LogP contribution is 2.32. The molecule has 2 aliphatic rings. The third-order valence-electron chi connectivity index (χ3n) is 6.30. The van der Waals surface area contributed by atoms with E-state index in [2.05, 4.69) is 17.0 Å². The van der Waals surface area contributed by atoms with Gasteiger partial charge in [0.15, 0.2) is 6.61 Å². The van der Waals surface area contributed by atoms with Gasteiger partial charge in [0.1, 0.15) is 0 Å². The van der Waals surface area contributed by atoms with Crippen molar-refractivity contribution in [3.8, 4) is 0 Å². The molecular formula is C25H30N2O3. The molecule has 0 atom stereocenters. The van der Waals surface area contributed by atoms with Gasteiger partial charge in [-0.3, -0.25) is 4.79 Å². The first-order valence-electron chi connectivity index (χ1n) is 11.1. The van der Waals surface area contributed by atoms with Crippen LogP contribution in [0.4, 0.5) is 5.69 Å². The molecule has 4 rings (SSSR count). The average Bonchev–Trinajstić information content (AvgIpc) is 2.83. The summed E-state index contributed by atoms with van der Waals surface area (Å²) >= 11 is 0. The van der Waals surface area contributed by atoms with Crippen molar-refractivity contribution in [3.63, 3.8) is 0 Å². The summed E-state index contributed by atoms with van der Waals surface area (Å²) in [5, 5.41) is 0. The molecular weight excluding hydrogens is 376 g/mol. The normalized spacial score (nSPS) is 17.6. The highest BCUT2D eigenvalue weighted by molar-refractivity contribution is 5.91. The standard InChI is InChI=1S/C25H30N2O3/c28-24(27-17-15-26(16-18-27)23-9-5-2-6-10-23)19-30-25(29)22-13-11-21(12-14-22)20-7-3-1-4-8-20/h2,5-6,9-14,20H,1,3-4,7-8,15-19H2. The summed E-state index contributed by atoms with van der Waals surface area (Å²) in [7, 11) is 0. The largest absolute Gasteiger partial charge is 0.452 e. The summed E-state index contributed by atoms with van der Waals surface area (Å²) in [6.07, 6.45) is 6.37. The Morgan fingerprint density at radius 2 is 1.50 bits per heavy atom. The molecule has 0 unspecified atom stereocenters. The summed E-state index contributed by atoms with van der Waals surface area (Å²) in [4.78, 5) is 28.9. The van der Waals surface area contributed by atoms with Crippen LogP contribution in [0.5, 0.6) is 0 Å². The number of ether oxygens (including phenoxy) is 1. The van der Waals surface area contributed by atoms with Gasteiger partial charge >= 0.3 is 5.97 Å². The Balaban J connectivity index is 1.23. The van der Waals surface area contributed by atoms with Crippen LogP contribution in [-0.2, 0) is 9.53 Å². The van der Waals surface area contributed by atoms with E-state index >= 15 is 0 Å². The average molecular weight is 407 g/mol. The summed E-state index contributed by atoms with van der Waals surface area (Å²) < 4.78 is 5.30. The molecule has 2 aromatic rings. The number of anilines is 1. The molecule has 5 nitrogen and oxygen atoms in total. The molecule has 2 fully saturated rings. The summed E-state index contributed by atoms with van der Waals surface area (Å²) in [5.74, 6) is 0.0521. The van der Waals surface area contributed by atoms with Gasteiger partial charge in [0.05, 0.1) is 5.56 Å². The third kappa shape index (κ3) is 5.02. The second-order valence-corrected chi connectivity index (χ2v) is 8.24. The summed E-state index contributed by atoms with van der Waals surface area (Å²) in [5.41, 5.74) is 2.99. The molecule has 0 bridgehead atoms. The molecule has 0 N–H and O–H groups in total. The Morgan fingerprint density at radius 1 is 0.833 bits per heavy atom. The number of para-hydroxylation sites is 1. The zero-order valence-electron chi connectivity index (χ0n) is 17.5. The molecule has 1 saturated carbocycles. The number of carbonyl (C=O) groups is 2. The maximum absolute atomic E-state index is 12.5. The highest BCUT2D eigenvalue weighted by atomic mass is 16.5. The number of piperazine rings is 1. The second kappa shape index (κ2) is 9.79. The minimum absolute atomic E-state index is 0.130. The fourth-order valence-electron chi connectivity index (χ4n) is 4.48. The Hall–Kier alpha value is -2.82. The molecule has 30 heavy (non-hydrogen) atoms. The lowest BCUT2D eigenvalue weighted by molar-refractivity contribution is -0.134. The fourth-order valence-corrected chi connectivity index (χ4v) is 4.48. The fraction of sp³-hybridized carbons (Fsp3) is 0.440. The monoisotopic (exact) mass is 406 g/mol. The van der Waals surface area contributed by atoms with Gasteiger partial charge in [-0.1, -0.05) is 49.6 Å². The maximum Gasteiger partial charge on any atom is 0.338 e. The molecule has 0 radical (unpaired) electrons. The molecule has 0 spiro atoms. The van der Waals surface area contributed by atoms with Crippen molar-refractivity contribution in [2.45, 2.75) is 38.0 Å². The highest BCUT2D eigenvalue weighted by Gasteiger charge is 2.22. The first-order chi connectivity index (χ1) is 14.7. The number of rotatable bonds is 5. The zero-order valence-corrected chi connectivity index (χ0v) is 17.5. The SMILES string of the molecule is O=C(OCC(=O)N1CCN(c2ccccc2)CC1)c1ccc(C2CCCCC2)cc1. The molecule has 1 heterocycles. The van der Waals surface area contributed by atoms with E-state index < -0.39 is 5.97 Å². The molecule has 0 aromatic heterocycles. The van der Waals surface area contributed by atoms with Crippen molar-refractivity contribution in [2.24, 2.45) is 0 Å². The lowest BCUT2D eigenvalue weighted by Gasteiger charge is -2.36. The minimum atomic E-state index is -0.429. The first-order valence-corrected chi connectivity index (χ1v) is 11.1. The maximum atomic E-state index is 12.5. The number of carbonyl (C=O) groups excluding carboxylic acids is 2. The van der Waals surface area contributed by atoms with Crippen LogP contribution in [0.25, 0.3) is 0 Å². The quantitative estimate of drug-likeness (QED) is 0.697. The van der Waals surface area contributed by atoms with Gasteiger partial charge in [0, 0.05) is 31.9 Å². The van der Waals surface area contributed by atoms with Gasteiger partial charge in [0.2, 0.25) is 0 Å². The van der Waals surface area contributed by atoms with Crippen LogP contribution in [0.3, 0.4) is 0 Å². The van der Waals surface area contributed by atoms with E-state index in [9.17, 15) is 9.59 Å². The Kier molecular flexibility index (Phi) is 6.67. The van der Waals surface area contributed by atoms with Crippen LogP contribution < -0.4 is 4.90 Å². The van der Waals surface area contributed by atoms with Crippen LogP contribution in [0, 0.1) is 0 Å².